The van der Waals surface area contributed by atoms with Crippen molar-refractivity contribution in [1.82, 2.24) is 15.5 Å². The minimum atomic E-state index is 0. The van der Waals surface area contributed by atoms with Gasteiger partial charge in [-0.2, -0.15) is 0 Å². The Morgan fingerprint density at radius 2 is 2.00 bits per heavy atom. The average molecular weight is 398 g/mol. The molecule has 0 aromatic carbocycles. The Hall–Kier alpha value is -0.0800. The molecule has 6 heteroatoms. The highest BCUT2D eigenvalue weighted by Crippen LogP contribution is 2.07. The number of hydrogen-bond donors (Lipinski definition) is 2. The van der Waals surface area contributed by atoms with Gasteiger partial charge in [0.2, 0.25) is 0 Å². The number of hydrogen-bond acceptors (Lipinski definition) is 3. The zero-order chi connectivity index (χ0) is 13.9. The number of ether oxygens (including phenoxy) is 1. The van der Waals surface area contributed by atoms with Crippen molar-refractivity contribution < 1.29 is 4.74 Å². The summed E-state index contributed by atoms with van der Waals surface area (Å²) in [6.07, 6.45) is 5.21. The van der Waals surface area contributed by atoms with Crippen LogP contribution in [0.3, 0.4) is 0 Å². The SMILES string of the molecule is CN=C(NCCCCN1CCCC1)NC(C)COC.I. The zero-order valence-corrected chi connectivity index (χ0v) is 15.5. The van der Waals surface area contributed by atoms with E-state index in [1.807, 2.05) is 0 Å². The van der Waals surface area contributed by atoms with Crippen molar-refractivity contribution in [3.8, 4) is 0 Å². The molecule has 2 N–H and O–H groups in total. The van der Waals surface area contributed by atoms with Gasteiger partial charge in [0.25, 0.3) is 0 Å². The highest BCUT2D eigenvalue weighted by molar-refractivity contribution is 14.0. The largest absolute Gasteiger partial charge is 0.383 e. The van der Waals surface area contributed by atoms with Crippen LogP contribution in [-0.4, -0.2) is 63.8 Å². The first kappa shape index (κ1) is 19.9. The molecule has 0 radical (unpaired) electrons. The number of likely N-dealkylation sites (tertiary alicyclic amines) is 1. The smallest absolute Gasteiger partial charge is 0.191 e. The van der Waals surface area contributed by atoms with Crippen molar-refractivity contribution in [2.45, 2.75) is 38.6 Å². The molecule has 20 heavy (non-hydrogen) atoms. The molecule has 0 spiro atoms. The summed E-state index contributed by atoms with van der Waals surface area (Å²) in [5.41, 5.74) is 0. The molecule has 1 heterocycles. The predicted molar refractivity (Wildman–Crippen MR) is 96.2 cm³/mol. The molecule has 1 unspecified atom stereocenters. The van der Waals surface area contributed by atoms with Crippen LogP contribution in [0.15, 0.2) is 4.99 Å². The summed E-state index contributed by atoms with van der Waals surface area (Å²) in [6, 6.07) is 0.279. The van der Waals surface area contributed by atoms with Crippen LogP contribution in [0.1, 0.15) is 32.6 Å². The van der Waals surface area contributed by atoms with E-state index in [-0.39, 0.29) is 30.0 Å². The molecule has 1 atom stereocenters. The van der Waals surface area contributed by atoms with Gasteiger partial charge in [-0.25, -0.2) is 0 Å². The molecule has 0 bridgehead atoms. The summed E-state index contributed by atoms with van der Waals surface area (Å²) >= 11 is 0. The molecular formula is C14H31IN4O. The Balaban J connectivity index is 0.00000361. The first-order valence-electron chi connectivity index (χ1n) is 7.44. The van der Waals surface area contributed by atoms with Crippen molar-refractivity contribution in [3.63, 3.8) is 0 Å². The lowest BCUT2D eigenvalue weighted by atomic mass is 10.3. The number of aliphatic imine (C=N–C) groups is 1. The molecule has 0 amide bonds. The lowest BCUT2D eigenvalue weighted by Crippen LogP contribution is -2.44. The van der Waals surface area contributed by atoms with Gasteiger partial charge in [0.15, 0.2) is 5.96 Å². The van der Waals surface area contributed by atoms with Gasteiger partial charge in [-0.3, -0.25) is 4.99 Å². The van der Waals surface area contributed by atoms with E-state index in [4.69, 9.17) is 4.74 Å². The maximum atomic E-state index is 5.10. The topological polar surface area (TPSA) is 48.9 Å². The molecule has 0 aromatic heterocycles. The fourth-order valence-corrected chi connectivity index (χ4v) is 2.39. The van der Waals surface area contributed by atoms with Crippen LogP contribution in [0.5, 0.6) is 0 Å². The Morgan fingerprint density at radius 3 is 2.60 bits per heavy atom. The molecule has 1 fully saturated rings. The quantitative estimate of drug-likeness (QED) is 0.283. The van der Waals surface area contributed by atoms with E-state index < -0.39 is 0 Å². The van der Waals surface area contributed by atoms with Crippen molar-refractivity contribution in [2.24, 2.45) is 4.99 Å². The first-order chi connectivity index (χ1) is 9.26. The Kier molecular flexibility index (Phi) is 12.6. The van der Waals surface area contributed by atoms with Crippen LogP contribution in [0, 0.1) is 0 Å². The van der Waals surface area contributed by atoms with Crippen LogP contribution in [-0.2, 0) is 4.74 Å². The van der Waals surface area contributed by atoms with Gasteiger partial charge < -0.3 is 20.3 Å². The van der Waals surface area contributed by atoms with E-state index >= 15 is 0 Å². The number of rotatable bonds is 8. The van der Waals surface area contributed by atoms with Gasteiger partial charge in [0, 0.05) is 26.7 Å². The van der Waals surface area contributed by atoms with Crippen LogP contribution in [0.4, 0.5) is 0 Å². The Morgan fingerprint density at radius 1 is 1.30 bits per heavy atom. The summed E-state index contributed by atoms with van der Waals surface area (Å²) in [5, 5.41) is 6.65. The second-order valence-electron chi connectivity index (χ2n) is 5.26. The van der Waals surface area contributed by atoms with Gasteiger partial charge in [-0.15, -0.1) is 24.0 Å². The van der Waals surface area contributed by atoms with Crippen molar-refractivity contribution in [3.05, 3.63) is 0 Å². The number of nitrogens with zero attached hydrogens (tertiary/aromatic N) is 2. The second-order valence-corrected chi connectivity index (χ2v) is 5.26. The van der Waals surface area contributed by atoms with E-state index in [0.29, 0.717) is 6.61 Å². The number of nitrogens with one attached hydrogen (secondary N) is 2. The maximum absolute atomic E-state index is 5.10. The fraction of sp³-hybridized carbons (Fsp3) is 0.929. The third-order valence-electron chi connectivity index (χ3n) is 3.42. The maximum Gasteiger partial charge on any atom is 0.191 e. The molecule has 0 saturated carbocycles. The minimum absolute atomic E-state index is 0. The highest BCUT2D eigenvalue weighted by atomic mass is 127. The molecule has 1 aliphatic rings. The van der Waals surface area contributed by atoms with Crippen LogP contribution >= 0.6 is 24.0 Å². The van der Waals surface area contributed by atoms with Crippen LogP contribution in [0.25, 0.3) is 0 Å². The van der Waals surface area contributed by atoms with E-state index in [2.05, 4.69) is 27.4 Å². The first-order valence-corrected chi connectivity index (χ1v) is 7.44. The van der Waals surface area contributed by atoms with Crippen LogP contribution < -0.4 is 10.6 Å². The van der Waals surface area contributed by atoms with Crippen molar-refractivity contribution in [1.29, 1.82) is 0 Å². The number of methoxy groups -OCH3 is 1. The number of unbranched alkanes of at least 4 members (excludes halogenated alkanes) is 1. The molecule has 120 valence electrons. The van der Waals surface area contributed by atoms with E-state index in [1.54, 1.807) is 14.2 Å². The minimum Gasteiger partial charge on any atom is -0.383 e. The van der Waals surface area contributed by atoms with Gasteiger partial charge >= 0.3 is 0 Å². The van der Waals surface area contributed by atoms with Gasteiger partial charge in [-0.05, 0) is 52.2 Å². The lowest BCUT2D eigenvalue weighted by Gasteiger charge is -2.18. The summed E-state index contributed by atoms with van der Waals surface area (Å²) in [4.78, 5) is 6.78. The van der Waals surface area contributed by atoms with E-state index in [1.165, 1.54) is 45.3 Å². The molecule has 1 saturated heterocycles. The summed E-state index contributed by atoms with van der Waals surface area (Å²) in [5.74, 6) is 0.866. The van der Waals surface area contributed by atoms with Gasteiger partial charge in [-0.1, -0.05) is 0 Å². The normalized spacial score (nSPS) is 17.6. The molecule has 0 aromatic rings. The highest BCUT2D eigenvalue weighted by Gasteiger charge is 2.10. The van der Waals surface area contributed by atoms with E-state index in [0.717, 1.165) is 12.5 Å². The number of guanidine groups is 1. The van der Waals surface area contributed by atoms with Gasteiger partial charge in [0.1, 0.15) is 0 Å². The molecule has 1 rings (SSSR count). The molecular weight excluding hydrogens is 367 g/mol. The number of halogens is 1. The van der Waals surface area contributed by atoms with Crippen molar-refractivity contribution >= 4 is 29.9 Å². The Labute approximate surface area is 140 Å². The predicted octanol–water partition coefficient (Wildman–Crippen LogP) is 1.68. The molecule has 5 nitrogen and oxygen atoms in total. The zero-order valence-electron chi connectivity index (χ0n) is 13.2. The lowest BCUT2D eigenvalue weighted by molar-refractivity contribution is 0.179. The second kappa shape index (κ2) is 12.6. The van der Waals surface area contributed by atoms with Crippen LogP contribution in [0.2, 0.25) is 0 Å². The fourth-order valence-electron chi connectivity index (χ4n) is 2.39. The standard InChI is InChI=1S/C14H30N4O.HI/c1-13(12-19-3)17-14(15-2)16-8-4-5-9-18-10-6-7-11-18;/h13H,4-12H2,1-3H3,(H2,15,16,17);1H. The third-order valence-corrected chi connectivity index (χ3v) is 3.42. The summed E-state index contributed by atoms with van der Waals surface area (Å²) in [7, 11) is 3.52. The van der Waals surface area contributed by atoms with E-state index in [9.17, 15) is 0 Å². The summed E-state index contributed by atoms with van der Waals surface area (Å²) < 4.78 is 5.10. The average Bonchev–Trinajstić information content (AvgIpc) is 2.90. The summed E-state index contributed by atoms with van der Waals surface area (Å²) in [6.45, 7) is 7.59. The van der Waals surface area contributed by atoms with Gasteiger partial charge in [0.05, 0.1) is 6.61 Å². The Bertz CT molecular complexity index is 258. The monoisotopic (exact) mass is 398 g/mol. The van der Waals surface area contributed by atoms with Crippen molar-refractivity contribution in [2.75, 3.05) is 46.9 Å². The molecule has 0 aliphatic carbocycles. The third kappa shape index (κ3) is 8.97. The molecule has 1 aliphatic heterocycles.